The first-order valence-electron chi connectivity index (χ1n) is 7.12. The Kier molecular flexibility index (Phi) is 4.97. The molecule has 0 aromatic heterocycles. The molecule has 0 spiro atoms. The molecule has 1 aliphatic carbocycles. The van der Waals surface area contributed by atoms with Crippen LogP contribution in [-0.4, -0.2) is 14.5 Å². The van der Waals surface area contributed by atoms with Crippen molar-refractivity contribution in [1.82, 2.24) is 0 Å². The number of ether oxygens (including phenoxy) is 1. The highest BCUT2D eigenvalue weighted by molar-refractivity contribution is 8.13. The Morgan fingerprint density at radius 3 is 2.45 bits per heavy atom. The van der Waals surface area contributed by atoms with Gasteiger partial charge in [-0.15, -0.1) is 0 Å². The van der Waals surface area contributed by atoms with Gasteiger partial charge in [-0.2, -0.15) is 0 Å². The molecule has 3 nitrogen and oxygen atoms in total. The summed E-state index contributed by atoms with van der Waals surface area (Å²) >= 11 is 0. The first kappa shape index (κ1) is 15.6. The molecule has 1 saturated carbocycles. The highest BCUT2D eigenvalue weighted by Crippen LogP contribution is 2.33. The van der Waals surface area contributed by atoms with Crippen molar-refractivity contribution in [2.75, 3.05) is 0 Å². The molecule has 1 aliphatic rings. The predicted molar refractivity (Wildman–Crippen MR) is 80.9 cm³/mol. The first-order chi connectivity index (χ1) is 9.40. The zero-order valence-corrected chi connectivity index (χ0v) is 13.5. The van der Waals surface area contributed by atoms with E-state index in [-0.39, 0.29) is 11.0 Å². The molecule has 0 heterocycles. The number of rotatable bonds is 4. The Bertz CT molecular complexity index is 560. The number of aryl methyl sites for hydroxylation is 1. The summed E-state index contributed by atoms with van der Waals surface area (Å²) < 4.78 is 29.2. The minimum Gasteiger partial charge on any atom is -0.489 e. The summed E-state index contributed by atoms with van der Waals surface area (Å²) in [5, 5.41) is 0. The second-order valence-corrected chi connectivity index (χ2v) is 8.09. The average molecular weight is 317 g/mol. The standard InChI is InChI=1S/C15H21ClO3S/c1-3-12-5-7-13(8-6-12)19-14-9-4-11(2)10-15(14)20(16,17)18/h4,9-10,12-13H,3,5-8H2,1-2H3. The van der Waals surface area contributed by atoms with Gasteiger partial charge in [0.25, 0.3) is 9.05 Å². The lowest BCUT2D eigenvalue weighted by atomic mass is 9.86. The van der Waals surface area contributed by atoms with Crippen molar-refractivity contribution in [1.29, 1.82) is 0 Å². The Morgan fingerprint density at radius 2 is 1.90 bits per heavy atom. The molecular weight excluding hydrogens is 296 g/mol. The van der Waals surface area contributed by atoms with E-state index >= 15 is 0 Å². The smallest absolute Gasteiger partial charge is 0.264 e. The Hall–Kier alpha value is -0.740. The van der Waals surface area contributed by atoms with Gasteiger partial charge < -0.3 is 4.74 Å². The minimum atomic E-state index is -3.77. The van der Waals surface area contributed by atoms with E-state index in [1.807, 2.05) is 13.0 Å². The summed E-state index contributed by atoms with van der Waals surface area (Å²) in [5.41, 5.74) is 0.853. The summed E-state index contributed by atoms with van der Waals surface area (Å²) in [6, 6.07) is 5.12. The van der Waals surface area contributed by atoms with Crippen molar-refractivity contribution in [2.45, 2.75) is 57.0 Å². The van der Waals surface area contributed by atoms with Gasteiger partial charge in [-0.05, 0) is 56.2 Å². The van der Waals surface area contributed by atoms with Crippen molar-refractivity contribution in [3.63, 3.8) is 0 Å². The van der Waals surface area contributed by atoms with Crippen molar-refractivity contribution in [2.24, 2.45) is 5.92 Å². The Balaban J connectivity index is 2.14. The molecule has 0 amide bonds. The molecule has 0 bridgehead atoms. The molecule has 1 fully saturated rings. The van der Waals surface area contributed by atoms with Gasteiger partial charge in [0, 0.05) is 10.7 Å². The van der Waals surface area contributed by atoms with Crippen LogP contribution in [-0.2, 0) is 9.05 Å². The van der Waals surface area contributed by atoms with Crippen LogP contribution in [0.15, 0.2) is 23.1 Å². The highest BCUT2D eigenvalue weighted by Gasteiger charge is 2.24. The summed E-state index contributed by atoms with van der Waals surface area (Å²) in [7, 11) is 1.72. The number of benzene rings is 1. The van der Waals surface area contributed by atoms with E-state index in [1.165, 1.54) is 6.42 Å². The third-order valence-corrected chi connectivity index (χ3v) is 5.37. The molecule has 2 rings (SSSR count). The van der Waals surface area contributed by atoms with E-state index in [2.05, 4.69) is 6.92 Å². The van der Waals surface area contributed by atoms with Crippen LogP contribution in [0.1, 0.15) is 44.6 Å². The van der Waals surface area contributed by atoms with E-state index in [4.69, 9.17) is 15.4 Å². The third kappa shape index (κ3) is 3.89. The maximum Gasteiger partial charge on any atom is 0.264 e. The molecule has 0 unspecified atom stereocenters. The van der Waals surface area contributed by atoms with Crippen LogP contribution in [0.3, 0.4) is 0 Å². The summed E-state index contributed by atoms with van der Waals surface area (Å²) in [5.74, 6) is 1.16. The van der Waals surface area contributed by atoms with Crippen LogP contribution < -0.4 is 4.74 Å². The molecule has 5 heteroatoms. The summed E-state index contributed by atoms with van der Waals surface area (Å²) in [6.07, 6.45) is 5.56. The lowest BCUT2D eigenvalue weighted by Gasteiger charge is -2.28. The van der Waals surface area contributed by atoms with Crippen molar-refractivity contribution < 1.29 is 13.2 Å². The molecule has 0 saturated heterocycles. The molecule has 0 aliphatic heterocycles. The van der Waals surface area contributed by atoms with Crippen LogP contribution >= 0.6 is 10.7 Å². The third-order valence-electron chi connectivity index (χ3n) is 4.03. The fourth-order valence-corrected chi connectivity index (χ4v) is 3.79. The number of halogens is 1. The van der Waals surface area contributed by atoms with Gasteiger partial charge in [-0.1, -0.05) is 19.4 Å². The molecule has 0 atom stereocenters. The van der Waals surface area contributed by atoms with E-state index in [0.29, 0.717) is 5.75 Å². The van der Waals surface area contributed by atoms with Crippen LogP contribution in [0, 0.1) is 12.8 Å². The molecule has 1 aromatic carbocycles. The topological polar surface area (TPSA) is 43.4 Å². The van der Waals surface area contributed by atoms with Gasteiger partial charge in [0.15, 0.2) is 0 Å². The SMILES string of the molecule is CCC1CCC(Oc2ccc(C)cc2S(=O)(=O)Cl)CC1. The number of hydrogen-bond acceptors (Lipinski definition) is 3. The largest absolute Gasteiger partial charge is 0.489 e. The highest BCUT2D eigenvalue weighted by atomic mass is 35.7. The van der Waals surface area contributed by atoms with Crippen LogP contribution in [0.25, 0.3) is 0 Å². The average Bonchev–Trinajstić information content (AvgIpc) is 2.40. The van der Waals surface area contributed by atoms with Gasteiger partial charge in [-0.25, -0.2) is 8.42 Å². The normalized spacial score (nSPS) is 23.6. The Morgan fingerprint density at radius 1 is 1.25 bits per heavy atom. The molecule has 0 radical (unpaired) electrons. The zero-order chi connectivity index (χ0) is 14.8. The number of hydrogen-bond donors (Lipinski definition) is 0. The summed E-state index contributed by atoms with van der Waals surface area (Å²) in [4.78, 5) is 0.0804. The lowest BCUT2D eigenvalue weighted by molar-refractivity contribution is 0.126. The van der Waals surface area contributed by atoms with Crippen LogP contribution in [0.5, 0.6) is 5.75 Å². The molecular formula is C15H21ClO3S. The minimum absolute atomic E-state index is 0.0804. The second-order valence-electron chi connectivity index (χ2n) is 5.56. The first-order valence-corrected chi connectivity index (χ1v) is 9.43. The fourth-order valence-electron chi connectivity index (χ4n) is 2.74. The maximum atomic E-state index is 11.6. The Labute approximate surface area is 125 Å². The molecule has 20 heavy (non-hydrogen) atoms. The molecule has 1 aromatic rings. The van der Waals surface area contributed by atoms with E-state index in [1.54, 1.807) is 12.1 Å². The van der Waals surface area contributed by atoms with Gasteiger partial charge in [0.2, 0.25) is 0 Å². The molecule has 0 N–H and O–H groups in total. The zero-order valence-electron chi connectivity index (χ0n) is 11.9. The summed E-state index contributed by atoms with van der Waals surface area (Å²) in [6.45, 7) is 4.05. The van der Waals surface area contributed by atoms with Crippen LogP contribution in [0.4, 0.5) is 0 Å². The second kappa shape index (κ2) is 6.35. The maximum absolute atomic E-state index is 11.6. The van der Waals surface area contributed by atoms with Crippen molar-refractivity contribution >= 4 is 19.7 Å². The van der Waals surface area contributed by atoms with Crippen molar-refractivity contribution in [3.05, 3.63) is 23.8 Å². The van der Waals surface area contributed by atoms with Gasteiger partial charge in [0.05, 0.1) is 6.10 Å². The lowest BCUT2D eigenvalue weighted by Crippen LogP contribution is -2.24. The monoisotopic (exact) mass is 316 g/mol. The fraction of sp³-hybridized carbons (Fsp3) is 0.600. The quantitative estimate of drug-likeness (QED) is 0.779. The van der Waals surface area contributed by atoms with E-state index in [0.717, 1.165) is 37.2 Å². The van der Waals surface area contributed by atoms with Crippen molar-refractivity contribution in [3.8, 4) is 5.75 Å². The van der Waals surface area contributed by atoms with Gasteiger partial charge in [0.1, 0.15) is 10.6 Å². The van der Waals surface area contributed by atoms with Gasteiger partial charge in [-0.3, -0.25) is 0 Å². The van der Waals surface area contributed by atoms with E-state index < -0.39 is 9.05 Å². The molecule has 112 valence electrons. The van der Waals surface area contributed by atoms with Crippen LogP contribution in [0.2, 0.25) is 0 Å². The van der Waals surface area contributed by atoms with Gasteiger partial charge >= 0.3 is 0 Å². The van der Waals surface area contributed by atoms with E-state index in [9.17, 15) is 8.42 Å². The predicted octanol–water partition coefficient (Wildman–Crippen LogP) is 4.27.